The molecule has 8 heteroatoms. The molecule has 0 atom stereocenters. The van der Waals surface area contributed by atoms with Crippen LogP contribution >= 0.6 is 11.6 Å². The number of halogens is 1. The number of nitrogens with one attached hydrogen (secondary N) is 1. The number of nitrogens with two attached hydrogens (primary N) is 1. The van der Waals surface area contributed by atoms with Crippen molar-refractivity contribution in [2.24, 2.45) is 5.92 Å². The first-order chi connectivity index (χ1) is 14.0. The molecule has 7 nitrogen and oxygen atoms in total. The van der Waals surface area contributed by atoms with Crippen molar-refractivity contribution in [3.63, 3.8) is 0 Å². The minimum atomic E-state index is -0.145. The first kappa shape index (κ1) is 19.6. The first-order valence-electron chi connectivity index (χ1n) is 10.1. The lowest BCUT2D eigenvalue weighted by molar-refractivity contribution is -0.481. The number of hydrogen-bond acceptors (Lipinski definition) is 5. The molecule has 0 spiro atoms. The highest BCUT2D eigenvalue weighted by atomic mass is 35.5. The van der Waals surface area contributed by atoms with Gasteiger partial charge in [-0.25, -0.2) is 0 Å². The number of aromatic nitrogens is 4. The Labute approximate surface area is 174 Å². The Morgan fingerprint density at radius 2 is 2.14 bits per heavy atom. The van der Waals surface area contributed by atoms with Crippen LogP contribution in [-0.4, -0.2) is 27.0 Å². The van der Waals surface area contributed by atoms with Gasteiger partial charge in [0.25, 0.3) is 5.91 Å². The van der Waals surface area contributed by atoms with Crippen molar-refractivity contribution in [2.75, 3.05) is 17.6 Å². The van der Waals surface area contributed by atoms with Gasteiger partial charge in [0.05, 0.1) is 0 Å². The van der Waals surface area contributed by atoms with Crippen molar-refractivity contribution in [1.29, 1.82) is 0 Å². The van der Waals surface area contributed by atoms with Crippen molar-refractivity contribution in [1.82, 2.24) is 14.5 Å². The Hall–Kier alpha value is -2.67. The molecule has 0 bridgehead atoms. The normalized spacial score (nSPS) is 15.0. The lowest BCUT2D eigenvalue weighted by Gasteiger charge is -2.21. The number of nitrogens with zero attached hydrogens (tertiary/aromatic N) is 4. The van der Waals surface area contributed by atoms with E-state index in [1.54, 1.807) is 21.2 Å². The van der Waals surface area contributed by atoms with Crippen LogP contribution in [0.2, 0.25) is 5.15 Å². The third-order valence-electron chi connectivity index (χ3n) is 5.57. The fourth-order valence-corrected chi connectivity index (χ4v) is 4.38. The highest BCUT2D eigenvalue weighted by Crippen LogP contribution is 2.26. The van der Waals surface area contributed by atoms with Gasteiger partial charge in [-0.2, -0.15) is 8.97 Å². The Balaban J connectivity index is 1.83. The van der Waals surface area contributed by atoms with Gasteiger partial charge in [0.1, 0.15) is 5.69 Å². The Kier molecular flexibility index (Phi) is 5.67. The molecule has 1 aliphatic rings. The van der Waals surface area contributed by atoms with Crippen molar-refractivity contribution >= 4 is 34.9 Å². The second-order valence-corrected chi connectivity index (χ2v) is 8.06. The van der Waals surface area contributed by atoms with Crippen LogP contribution in [0.15, 0.2) is 30.5 Å². The topological polar surface area (TPSA) is 89.9 Å². The summed E-state index contributed by atoms with van der Waals surface area (Å²) >= 11 is 6.16. The molecule has 29 heavy (non-hydrogen) atoms. The molecule has 0 amide bonds. The fraction of sp³-hybridized carbons (Fsp3) is 0.429. The summed E-state index contributed by atoms with van der Waals surface area (Å²) in [7, 11) is 0. The van der Waals surface area contributed by atoms with Gasteiger partial charge in [0, 0.05) is 37.8 Å². The molecule has 1 saturated carbocycles. The standard InChI is InChI=1S/C21H25ClN6O/c1-14(29)27-17(11-16-9-5-6-10-24-16)20(25-13-15-7-3-2-4-8-15)28-19(23)12-18(22)26-21(27)28/h5-6,9-10,12,15,23,25H,2-4,7-8,11,13H2,1H3/p+1. The quantitative estimate of drug-likeness (QED) is 0.493. The number of anilines is 2. The average molecular weight is 414 g/mol. The van der Waals surface area contributed by atoms with Crippen LogP contribution in [0.3, 0.4) is 0 Å². The van der Waals surface area contributed by atoms with Gasteiger partial charge < -0.3 is 11.1 Å². The van der Waals surface area contributed by atoms with Crippen molar-refractivity contribution < 1.29 is 9.20 Å². The second-order valence-electron chi connectivity index (χ2n) is 7.67. The maximum absolute atomic E-state index is 12.6. The summed E-state index contributed by atoms with van der Waals surface area (Å²) in [4.78, 5) is 21.4. The van der Waals surface area contributed by atoms with E-state index >= 15 is 0 Å². The summed E-state index contributed by atoms with van der Waals surface area (Å²) in [5.74, 6) is 2.11. The van der Waals surface area contributed by atoms with Crippen LogP contribution in [0.25, 0.3) is 5.78 Å². The summed E-state index contributed by atoms with van der Waals surface area (Å²) in [6, 6.07) is 7.37. The van der Waals surface area contributed by atoms with E-state index in [0.29, 0.717) is 23.9 Å². The molecule has 3 aromatic heterocycles. The van der Waals surface area contributed by atoms with Crippen molar-refractivity contribution in [3.05, 3.63) is 47.0 Å². The van der Waals surface area contributed by atoms with E-state index < -0.39 is 0 Å². The number of pyridine rings is 1. The van der Waals surface area contributed by atoms with Crippen LogP contribution in [0, 0.1) is 5.92 Å². The zero-order valence-electron chi connectivity index (χ0n) is 16.6. The van der Waals surface area contributed by atoms with Gasteiger partial charge in [0.15, 0.2) is 11.0 Å². The fourth-order valence-electron chi connectivity index (χ4n) is 4.20. The van der Waals surface area contributed by atoms with Gasteiger partial charge in [0.2, 0.25) is 5.82 Å². The lowest BCUT2D eigenvalue weighted by atomic mass is 9.89. The molecule has 0 unspecified atom stereocenters. The third kappa shape index (κ3) is 4.05. The zero-order chi connectivity index (χ0) is 20.4. The van der Waals surface area contributed by atoms with Crippen molar-refractivity contribution in [3.8, 4) is 0 Å². The molecule has 3 aromatic rings. The maximum Gasteiger partial charge on any atom is 0.341 e. The Bertz CT molecular complexity index is 1030. The van der Waals surface area contributed by atoms with E-state index in [4.69, 9.17) is 17.3 Å². The average Bonchev–Trinajstić information content (AvgIpc) is 3.01. The van der Waals surface area contributed by atoms with Gasteiger partial charge in [-0.1, -0.05) is 36.9 Å². The van der Waals surface area contributed by atoms with Crippen LogP contribution in [0.1, 0.15) is 55.2 Å². The van der Waals surface area contributed by atoms with E-state index in [0.717, 1.165) is 23.8 Å². The van der Waals surface area contributed by atoms with E-state index in [1.165, 1.54) is 39.0 Å². The van der Waals surface area contributed by atoms with Crippen LogP contribution in [-0.2, 0) is 6.42 Å². The molecular weight excluding hydrogens is 388 g/mol. The lowest BCUT2D eigenvalue weighted by Crippen LogP contribution is -2.32. The molecule has 4 rings (SSSR count). The number of fused-ring (bicyclic) bond motifs is 1. The Morgan fingerprint density at radius 1 is 1.34 bits per heavy atom. The largest absolute Gasteiger partial charge is 0.344 e. The van der Waals surface area contributed by atoms with Gasteiger partial charge >= 0.3 is 5.78 Å². The number of nitrogen functional groups attached to an aromatic ring is 1. The van der Waals surface area contributed by atoms with E-state index in [2.05, 4.69) is 15.3 Å². The molecule has 0 saturated heterocycles. The Morgan fingerprint density at radius 3 is 2.83 bits per heavy atom. The SMILES string of the molecule is CC(=O)n1c(Cc2ccccn2)c(NCC2CCCCC2)[n+]2c(N)cc(Cl)nc12. The van der Waals surface area contributed by atoms with Crippen LogP contribution in [0.4, 0.5) is 11.6 Å². The van der Waals surface area contributed by atoms with E-state index in [1.807, 2.05) is 18.2 Å². The van der Waals surface area contributed by atoms with Gasteiger partial charge in [-0.3, -0.25) is 9.78 Å². The number of carbonyl (C=O) groups excluding carboxylic acids is 1. The molecule has 0 aromatic carbocycles. The number of rotatable bonds is 5. The van der Waals surface area contributed by atoms with Gasteiger partial charge in [-0.15, -0.1) is 4.98 Å². The van der Waals surface area contributed by atoms with Gasteiger partial charge in [-0.05, 0) is 30.9 Å². The zero-order valence-corrected chi connectivity index (χ0v) is 17.3. The molecule has 3 N–H and O–H groups in total. The van der Waals surface area contributed by atoms with E-state index in [-0.39, 0.29) is 11.1 Å². The molecule has 0 radical (unpaired) electrons. The van der Waals surface area contributed by atoms with Crippen LogP contribution < -0.4 is 15.5 Å². The predicted molar refractivity (Wildman–Crippen MR) is 113 cm³/mol. The second kappa shape index (κ2) is 8.37. The first-order valence-corrected chi connectivity index (χ1v) is 10.5. The highest BCUT2D eigenvalue weighted by Gasteiger charge is 2.29. The molecular formula is C21H26ClN6O+. The van der Waals surface area contributed by atoms with Crippen LogP contribution in [0.5, 0.6) is 0 Å². The molecule has 1 fully saturated rings. The number of imidazole rings is 1. The van der Waals surface area contributed by atoms with E-state index in [9.17, 15) is 4.79 Å². The summed E-state index contributed by atoms with van der Waals surface area (Å²) in [6.45, 7) is 2.35. The molecule has 1 aliphatic carbocycles. The smallest absolute Gasteiger partial charge is 0.341 e. The predicted octanol–water partition coefficient (Wildman–Crippen LogP) is 3.50. The van der Waals surface area contributed by atoms with Crippen molar-refractivity contribution in [2.45, 2.75) is 45.4 Å². The summed E-state index contributed by atoms with van der Waals surface area (Å²) < 4.78 is 3.37. The molecule has 0 aliphatic heterocycles. The molecule has 152 valence electrons. The summed E-state index contributed by atoms with van der Waals surface area (Å²) in [5.41, 5.74) is 7.95. The maximum atomic E-state index is 12.6. The molecule has 3 heterocycles. The number of hydrogen-bond donors (Lipinski definition) is 2. The third-order valence-corrected chi connectivity index (χ3v) is 5.77. The summed E-state index contributed by atoms with van der Waals surface area (Å²) in [6.07, 6.45) is 8.53. The summed E-state index contributed by atoms with van der Waals surface area (Å²) in [5, 5.41) is 3.84. The highest BCUT2D eigenvalue weighted by molar-refractivity contribution is 6.29. The monoisotopic (exact) mass is 413 g/mol. The number of carbonyl (C=O) groups is 1. The minimum absolute atomic E-state index is 0.145. The minimum Gasteiger partial charge on any atom is -0.344 e.